The summed E-state index contributed by atoms with van der Waals surface area (Å²) in [6, 6.07) is 7.35. The van der Waals surface area contributed by atoms with Crippen molar-refractivity contribution in [2.45, 2.75) is 19.4 Å². The molecule has 0 saturated carbocycles. The van der Waals surface area contributed by atoms with Crippen LogP contribution < -0.4 is 5.73 Å². The monoisotopic (exact) mass is 177 g/mol. The van der Waals surface area contributed by atoms with Gasteiger partial charge in [-0.15, -0.1) is 0 Å². The van der Waals surface area contributed by atoms with Gasteiger partial charge in [-0.1, -0.05) is 18.7 Å². The van der Waals surface area contributed by atoms with E-state index in [9.17, 15) is 5.11 Å². The zero-order valence-electron chi connectivity index (χ0n) is 8.04. The molecule has 0 unspecified atom stereocenters. The number of anilines is 1. The van der Waals surface area contributed by atoms with Crippen LogP contribution >= 0.6 is 0 Å². The van der Waals surface area contributed by atoms with Crippen LogP contribution in [0.2, 0.25) is 0 Å². The molecule has 0 atom stereocenters. The molecule has 1 aromatic rings. The highest BCUT2D eigenvalue weighted by molar-refractivity contribution is 5.71. The summed E-state index contributed by atoms with van der Waals surface area (Å²) in [5.41, 5.74) is 6.97. The standard InChI is InChI=1S/C11H15NO/c1-8(11(2,3)13)9-5-4-6-10(12)7-9/h4-7,13H,1,12H2,2-3H3. The minimum atomic E-state index is -0.895. The summed E-state index contributed by atoms with van der Waals surface area (Å²) in [5, 5.41) is 9.69. The number of hydrogen-bond donors (Lipinski definition) is 2. The maximum Gasteiger partial charge on any atom is 0.0840 e. The Morgan fingerprint density at radius 3 is 2.54 bits per heavy atom. The van der Waals surface area contributed by atoms with Crippen molar-refractivity contribution in [1.82, 2.24) is 0 Å². The highest BCUT2D eigenvalue weighted by Gasteiger charge is 2.18. The van der Waals surface area contributed by atoms with Gasteiger partial charge in [-0.3, -0.25) is 0 Å². The molecule has 2 heteroatoms. The first-order chi connectivity index (χ1) is 5.91. The minimum absolute atomic E-state index is 0.680. The summed E-state index contributed by atoms with van der Waals surface area (Å²) in [4.78, 5) is 0. The van der Waals surface area contributed by atoms with Crippen LogP contribution in [-0.2, 0) is 0 Å². The van der Waals surface area contributed by atoms with E-state index in [4.69, 9.17) is 5.73 Å². The van der Waals surface area contributed by atoms with Crippen molar-refractivity contribution in [2.24, 2.45) is 0 Å². The predicted molar refractivity (Wildman–Crippen MR) is 56.2 cm³/mol. The molecule has 70 valence electrons. The van der Waals surface area contributed by atoms with Crippen LogP contribution in [0, 0.1) is 0 Å². The lowest BCUT2D eigenvalue weighted by Gasteiger charge is -2.20. The fraction of sp³-hybridized carbons (Fsp3) is 0.273. The highest BCUT2D eigenvalue weighted by atomic mass is 16.3. The number of benzene rings is 1. The molecular formula is C11H15NO. The smallest absolute Gasteiger partial charge is 0.0840 e. The average molecular weight is 177 g/mol. The summed E-state index contributed by atoms with van der Waals surface area (Å²) >= 11 is 0. The maximum absolute atomic E-state index is 9.69. The lowest BCUT2D eigenvalue weighted by molar-refractivity contribution is 0.144. The van der Waals surface area contributed by atoms with Crippen LogP contribution in [-0.4, -0.2) is 10.7 Å². The first-order valence-corrected chi connectivity index (χ1v) is 4.19. The number of rotatable bonds is 2. The van der Waals surface area contributed by atoms with Gasteiger partial charge in [0, 0.05) is 5.69 Å². The summed E-state index contributed by atoms with van der Waals surface area (Å²) in [5.74, 6) is 0. The number of nitrogens with two attached hydrogens (primary N) is 1. The van der Waals surface area contributed by atoms with Gasteiger partial charge in [0.05, 0.1) is 5.60 Å². The van der Waals surface area contributed by atoms with Gasteiger partial charge in [-0.25, -0.2) is 0 Å². The molecule has 1 rings (SSSR count). The molecule has 13 heavy (non-hydrogen) atoms. The molecule has 2 nitrogen and oxygen atoms in total. The molecule has 0 amide bonds. The minimum Gasteiger partial charge on any atom is -0.399 e. The molecular weight excluding hydrogens is 162 g/mol. The molecule has 0 aliphatic carbocycles. The number of aliphatic hydroxyl groups is 1. The van der Waals surface area contributed by atoms with E-state index in [1.54, 1.807) is 26.0 Å². The van der Waals surface area contributed by atoms with E-state index >= 15 is 0 Å². The second kappa shape index (κ2) is 3.23. The third-order valence-corrected chi connectivity index (χ3v) is 1.97. The second-order valence-corrected chi connectivity index (χ2v) is 3.66. The molecule has 0 fully saturated rings. The fourth-order valence-electron chi connectivity index (χ4n) is 1.08. The van der Waals surface area contributed by atoms with Crippen molar-refractivity contribution >= 4 is 11.3 Å². The van der Waals surface area contributed by atoms with Crippen molar-refractivity contribution < 1.29 is 5.11 Å². The Hall–Kier alpha value is -1.28. The third kappa shape index (κ3) is 2.33. The average Bonchev–Trinajstić information content (AvgIpc) is 2.01. The van der Waals surface area contributed by atoms with E-state index in [1.165, 1.54) is 0 Å². The zero-order valence-corrected chi connectivity index (χ0v) is 8.04. The Kier molecular flexibility index (Phi) is 2.43. The molecule has 0 bridgehead atoms. The van der Waals surface area contributed by atoms with Gasteiger partial charge >= 0.3 is 0 Å². The summed E-state index contributed by atoms with van der Waals surface area (Å²) in [6.45, 7) is 7.25. The molecule has 0 heterocycles. The molecule has 0 aliphatic rings. The van der Waals surface area contributed by atoms with Gasteiger partial charge in [-0.05, 0) is 37.1 Å². The Labute approximate surface area is 78.7 Å². The van der Waals surface area contributed by atoms with Gasteiger partial charge in [0.2, 0.25) is 0 Å². The molecule has 1 aromatic carbocycles. The Morgan fingerprint density at radius 1 is 1.46 bits per heavy atom. The van der Waals surface area contributed by atoms with Crippen molar-refractivity contribution in [3.05, 3.63) is 36.4 Å². The van der Waals surface area contributed by atoms with E-state index < -0.39 is 5.60 Å². The van der Waals surface area contributed by atoms with Crippen molar-refractivity contribution in [3.8, 4) is 0 Å². The van der Waals surface area contributed by atoms with E-state index in [0.29, 0.717) is 11.3 Å². The Bertz CT molecular complexity index is 323. The topological polar surface area (TPSA) is 46.2 Å². The highest BCUT2D eigenvalue weighted by Crippen LogP contribution is 2.25. The van der Waals surface area contributed by atoms with Gasteiger partial charge in [0.25, 0.3) is 0 Å². The van der Waals surface area contributed by atoms with Crippen LogP contribution in [0.1, 0.15) is 19.4 Å². The summed E-state index contributed by atoms with van der Waals surface area (Å²) < 4.78 is 0. The molecule has 0 saturated heterocycles. The van der Waals surface area contributed by atoms with Crippen LogP contribution in [0.15, 0.2) is 30.8 Å². The number of hydrogen-bond acceptors (Lipinski definition) is 2. The van der Waals surface area contributed by atoms with E-state index in [2.05, 4.69) is 6.58 Å². The zero-order chi connectivity index (χ0) is 10.1. The maximum atomic E-state index is 9.69. The molecule has 0 spiro atoms. The summed E-state index contributed by atoms with van der Waals surface area (Å²) in [6.07, 6.45) is 0. The van der Waals surface area contributed by atoms with Crippen LogP contribution in [0.3, 0.4) is 0 Å². The first-order valence-electron chi connectivity index (χ1n) is 4.19. The van der Waals surface area contributed by atoms with Gasteiger partial charge in [0.15, 0.2) is 0 Å². The van der Waals surface area contributed by atoms with Gasteiger partial charge in [-0.2, -0.15) is 0 Å². The fourth-order valence-corrected chi connectivity index (χ4v) is 1.08. The molecule has 0 radical (unpaired) electrons. The van der Waals surface area contributed by atoms with Crippen molar-refractivity contribution in [3.63, 3.8) is 0 Å². The first kappa shape index (κ1) is 9.81. The molecule has 0 aromatic heterocycles. The van der Waals surface area contributed by atoms with E-state index in [0.717, 1.165) is 5.56 Å². The van der Waals surface area contributed by atoms with Gasteiger partial charge in [0.1, 0.15) is 0 Å². The Balaban J connectivity index is 3.03. The third-order valence-electron chi connectivity index (χ3n) is 1.97. The van der Waals surface area contributed by atoms with Crippen LogP contribution in [0.4, 0.5) is 5.69 Å². The summed E-state index contributed by atoms with van der Waals surface area (Å²) in [7, 11) is 0. The quantitative estimate of drug-likeness (QED) is 0.679. The normalized spacial score (nSPS) is 11.3. The van der Waals surface area contributed by atoms with Crippen molar-refractivity contribution in [2.75, 3.05) is 5.73 Å². The predicted octanol–water partition coefficient (Wildman–Crippen LogP) is 2.05. The number of nitrogen functional groups attached to an aromatic ring is 1. The van der Waals surface area contributed by atoms with E-state index in [1.807, 2.05) is 12.1 Å². The molecule has 3 N–H and O–H groups in total. The molecule has 0 aliphatic heterocycles. The van der Waals surface area contributed by atoms with Crippen LogP contribution in [0.5, 0.6) is 0 Å². The van der Waals surface area contributed by atoms with E-state index in [-0.39, 0.29) is 0 Å². The largest absolute Gasteiger partial charge is 0.399 e. The SMILES string of the molecule is C=C(c1cccc(N)c1)C(C)(C)O. The van der Waals surface area contributed by atoms with Gasteiger partial charge < -0.3 is 10.8 Å². The lowest BCUT2D eigenvalue weighted by atomic mass is 9.93. The Morgan fingerprint density at radius 2 is 2.08 bits per heavy atom. The second-order valence-electron chi connectivity index (χ2n) is 3.66. The van der Waals surface area contributed by atoms with Crippen LogP contribution in [0.25, 0.3) is 5.57 Å². The lowest BCUT2D eigenvalue weighted by Crippen LogP contribution is -2.19. The van der Waals surface area contributed by atoms with Crippen molar-refractivity contribution in [1.29, 1.82) is 0 Å².